The maximum absolute atomic E-state index is 11.9. The van der Waals surface area contributed by atoms with Crippen molar-refractivity contribution >= 4 is 17.6 Å². The van der Waals surface area contributed by atoms with Gasteiger partial charge in [0.05, 0.1) is 13.7 Å². The molecule has 0 saturated carbocycles. The fourth-order valence-electron chi connectivity index (χ4n) is 3.46. The molecule has 1 amide bonds. The quantitative estimate of drug-likeness (QED) is 0.476. The number of amides is 1. The maximum atomic E-state index is 11.9. The van der Waals surface area contributed by atoms with E-state index in [-0.39, 0.29) is 5.91 Å². The van der Waals surface area contributed by atoms with Crippen LogP contribution in [0, 0.1) is 0 Å². The predicted molar refractivity (Wildman–Crippen MR) is 124 cm³/mol. The number of benzene rings is 2. The fraction of sp³-hybridized carbons (Fsp3) is 0.417. The number of hydrogen-bond donors (Lipinski definition) is 2. The molecule has 0 radical (unpaired) electrons. The summed E-state index contributed by atoms with van der Waals surface area (Å²) in [4.78, 5) is 18.0. The molecule has 7 nitrogen and oxygen atoms in total. The highest BCUT2D eigenvalue weighted by molar-refractivity contribution is 5.95. The molecule has 0 atom stereocenters. The van der Waals surface area contributed by atoms with Gasteiger partial charge in [0.2, 0.25) is 5.91 Å². The number of carbonyl (C=O) groups is 1. The number of hydrogen-bond acceptors (Lipinski definition) is 4. The molecular formula is C24H32N4O3. The zero-order valence-electron chi connectivity index (χ0n) is 18.6. The molecule has 0 spiro atoms. The smallest absolute Gasteiger partial charge is 0.227 e. The Kier molecular flexibility index (Phi) is 8.15. The lowest BCUT2D eigenvalue weighted by atomic mass is 10.2. The molecule has 2 aromatic rings. The summed E-state index contributed by atoms with van der Waals surface area (Å²) in [5, 5.41) is 6.65. The topological polar surface area (TPSA) is 75.2 Å². The first-order chi connectivity index (χ1) is 15.1. The second kappa shape index (κ2) is 11.2. The average molecular weight is 425 g/mol. The SMILES string of the molecule is CCCOc1ccc(CNC(=NC)NCc2ccc(N3CCCC3=O)cc2)cc1OC. The van der Waals surface area contributed by atoms with Crippen molar-refractivity contribution in [2.24, 2.45) is 4.99 Å². The minimum absolute atomic E-state index is 0.206. The van der Waals surface area contributed by atoms with Crippen molar-refractivity contribution in [3.05, 3.63) is 53.6 Å². The zero-order valence-corrected chi connectivity index (χ0v) is 18.6. The molecule has 31 heavy (non-hydrogen) atoms. The van der Waals surface area contributed by atoms with E-state index >= 15 is 0 Å². The van der Waals surface area contributed by atoms with Crippen LogP contribution in [0.25, 0.3) is 0 Å². The molecule has 3 rings (SSSR count). The molecule has 0 bridgehead atoms. The Morgan fingerprint density at radius 3 is 2.39 bits per heavy atom. The van der Waals surface area contributed by atoms with Gasteiger partial charge in [-0.1, -0.05) is 25.1 Å². The van der Waals surface area contributed by atoms with E-state index in [1.54, 1.807) is 14.2 Å². The summed E-state index contributed by atoms with van der Waals surface area (Å²) >= 11 is 0. The zero-order chi connectivity index (χ0) is 22.1. The average Bonchev–Trinajstić information content (AvgIpc) is 3.24. The molecule has 1 aliphatic heterocycles. The van der Waals surface area contributed by atoms with Crippen LogP contribution >= 0.6 is 0 Å². The van der Waals surface area contributed by atoms with E-state index in [1.165, 1.54) is 0 Å². The third kappa shape index (κ3) is 6.13. The van der Waals surface area contributed by atoms with Crippen LogP contribution in [0.5, 0.6) is 11.5 Å². The van der Waals surface area contributed by atoms with Crippen LogP contribution in [0.2, 0.25) is 0 Å². The Bertz CT molecular complexity index is 896. The number of anilines is 1. The molecule has 166 valence electrons. The first-order valence-corrected chi connectivity index (χ1v) is 10.8. The molecule has 1 saturated heterocycles. The molecule has 1 heterocycles. The van der Waals surface area contributed by atoms with Gasteiger partial charge in [-0.25, -0.2) is 0 Å². The molecule has 7 heteroatoms. The van der Waals surface area contributed by atoms with Crippen molar-refractivity contribution in [2.45, 2.75) is 39.3 Å². The molecule has 2 aromatic carbocycles. The van der Waals surface area contributed by atoms with Crippen LogP contribution in [0.3, 0.4) is 0 Å². The van der Waals surface area contributed by atoms with Crippen LogP contribution in [0.4, 0.5) is 5.69 Å². The highest BCUT2D eigenvalue weighted by atomic mass is 16.5. The van der Waals surface area contributed by atoms with E-state index in [9.17, 15) is 4.79 Å². The number of ether oxygens (including phenoxy) is 2. The number of carbonyl (C=O) groups excluding carboxylic acids is 1. The van der Waals surface area contributed by atoms with Gasteiger partial charge in [0, 0.05) is 38.8 Å². The first kappa shape index (κ1) is 22.5. The lowest BCUT2D eigenvalue weighted by Gasteiger charge is -2.17. The highest BCUT2D eigenvalue weighted by Gasteiger charge is 2.21. The minimum atomic E-state index is 0.206. The summed E-state index contributed by atoms with van der Waals surface area (Å²) in [7, 11) is 3.40. The van der Waals surface area contributed by atoms with Gasteiger partial charge >= 0.3 is 0 Å². The number of nitrogens with zero attached hydrogens (tertiary/aromatic N) is 2. The van der Waals surface area contributed by atoms with Crippen molar-refractivity contribution in [1.82, 2.24) is 10.6 Å². The lowest BCUT2D eigenvalue weighted by molar-refractivity contribution is -0.117. The fourth-order valence-corrected chi connectivity index (χ4v) is 3.46. The Balaban J connectivity index is 1.51. The van der Waals surface area contributed by atoms with E-state index < -0.39 is 0 Å². The molecule has 0 unspecified atom stereocenters. The molecule has 1 aliphatic rings. The monoisotopic (exact) mass is 424 g/mol. The van der Waals surface area contributed by atoms with Gasteiger partial charge in [-0.3, -0.25) is 9.79 Å². The summed E-state index contributed by atoms with van der Waals surface area (Å²) in [6, 6.07) is 14.0. The Morgan fingerprint density at radius 2 is 1.77 bits per heavy atom. The van der Waals surface area contributed by atoms with Gasteiger partial charge in [0.25, 0.3) is 0 Å². The standard InChI is InChI=1S/C24H32N4O3/c1-4-14-31-21-12-9-19(15-22(21)30-3)17-27-24(25-2)26-16-18-7-10-20(11-8-18)28-13-5-6-23(28)29/h7-12,15H,4-6,13-14,16-17H2,1-3H3,(H2,25,26,27). The number of guanidine groups is 1. The van der Waals surface area contributed by atoms with Crippen molar-refractivity contribution in [1.29, 1.82) is 0 Å². The van der Waals surface area contributed by atoms with Gasteiger partial charge in [0.15, 0.2) is 17.5 Å². The summed E-state index contributed by atoms with van der Waals surface area (Å²) in [5.41, 5.74) is 3.16. The number of rotatable bonds is 9. The highest BCUT2D eigenvalue weighted by Crippen LogP contribution is 2.28. The summed E-state index contributed by atoms with van der Waals surface area (Å²) < 4.78 is 11.2. The van der Waals surface area contributed by atoms with Crippen molar-refractivity contribution < 1.29 is 14.3 Å². The first-order valence-electron chi connectivity index (χ1n) is 10.8. The Morgan fingerprint density at radius 1 is 1.06 bits per heavy atom. The van der Waals surface area contributed by atoms with Crippen LogP contribution in [0.1, 0.15) is 37.3 Å². The van der Waals surface area contributed by atoms with Gasteiger partial charge in [-0.15, -0.1) is 0 Å². The van der Waals surface area contributed by atoms with E-state index in [1.807, 2.05) is 47.4 Å². The van der Waals surface area contributed by atoms with Crippen LogP contribution in [0.15, 0.2) is 47.5 Å². The van der Waals surface area contributed by atoms with Crippen LogP contribution in [-0.2, 0) is 17.9 Å². The predicted octanol–water partition coefficient (Wildman–Crippen LogP) is 3.48. The molecule has 1 fully saturated rings. The molecule has 0 aromatic heterocycles. The number of methoxy groups -OCH3 is 1. The summed E-state index contributed by atoms with van der Waals surface area (Å²) in [6.45, 7) is 4.80. The van der Waals surface area contributed by atoms with Gasteiger partial charge in [-0.2, -0.15) is 0 Å². The van der Waals surface area contributed by atoms with E-state index in [0.29, 0.717) is 32.1 Å². The van der Waals surface area contributed by atoms with Crippen LogP contribution in [-0.4, -0.2) is 39.2 Å². The third-order valence-electron chi connectivity index (χ3n) is 5.15. The summed E-state index contributed by atoms with van der Waals surface area (Å²) in [5.74, 6) is 2.41. The second-order valence-corrected chi connectivity index (χ2v) is 7.43. The summed E-state index contributed by atoms with van der Waals surface area (Å²) in [6.07, 6.45) is 2.53. The van der Waals surface area contributed by atoms with Crippen molar-refractivity contribution in [3.63, 3.8) is 0 Å². The molecule has 0 aliphatic carbocycles. The molecular weight excluding hydrogens is 392 g/mol. The van der Waals surface area contributed by atoms with Gasteiger partial charge in [0.1, 0.15) is 0 Å². The Labute approximate surface area is 184 Å². The van der Waals surface area contributed by atoms with E-state index in [2.05, 4.69) is 22.5 Å². The lowest BCUT2D eigenvalue weighted by Crippen LogP contribution is -2.36. The minimum Gasteiger partial charge on any atom is -0.493 e. The van der Waals surface area contributed by atoms with E-state index in [0.717, 1.165) is 47.7 Å². The number of aliphatic imine (C=N–C) groups is 1. The van der Waals surface area contributed by atoms with Gasteiger partial charge < -0.3 is 25.0 Å². The normalized spacial score (nSPS) is 14.0. The Hall–Kier alpha value is -3.22. The van der Waals surface area contributed by atoms with Crippen LogP contribution < -0.4 is 25.0 Å². The van der Waals surface area contributed by atoms with E-state index in [4.69, 9.17) is 9.47 Å². The second-order valence-electron chi connectivity index (χ2n) is 7.43. The molecule has 2 N–H and O–H groups in total. The third-order valence-corrected chi connectivity index (χ3v) is 5.15. The van der Waals surface area contributed by atoms with Crippen molar-refractivity contribution in [3.8, 4) is 11.5 Å². The maximum Gasteiger partial charge on any atom is 0.227 e. The van der Waals surface area contributed by atoms with Gasteiger partial charge in [-0.05, 0) is 48.2 Å². The number of nitrogens with one attached hydrogen (secondary N) is 2. The van der Waals surface area contributed by atoms with Crippen molar-refractivity contribution in [2.75, 3.05) is 32.2 Å². The largest absolute Gasteiger partial charge is 0.493 e.